The van der Waals surface area contributed by atoms with Crippen LogP contribution in [0.4, 0.5) is 18.9 Å². The molecule has 11 heteroatoms. The number of amides is 3. The van der Waals surface area contributed by atoms with E-state index in [-0.39, 0.29) is 17.2 Å². The van der Waals surface area contributed by atoms with Crippen LogP contribution in [0.2, 0.25) is 5.02 Å². The van der Waals surface area contributed by atoms with Crippen LogP contribution in [-0.4, -0.2) is 60.2 Å². The molecular weight excluding hydrogens is 545 g/mol. The van der Waals surface area contributed by atoms with Gasteiger partial charge in [0.2, 0.25) is 0 Å². The first-order valence-electron chi connectivity index (χ1n) is 13.0. The molecule has 0 unspecified atom stereocenters. The third-order valence-electron chi connectivity index (χ3n) is 7.26. The van der Waals surface area contributed by atoms with E-state index >= 15 is 0 Å². The highest BCUT2D eigenvalue weighted by molar-refractivity contribution is 6.32. The van der Waals surface area contributed by atoms with E-state index in [1.54, 1.807) is 24.3 Å². The van der Waals surface area contributed by atoms with Crippen molar-refractivity contribution in [2.45, 2.75) is 38.8 Å². The number of hydrogen-bond acceptors (Lipinski definition) is 5. The highest BCUT2D eigenvalue weighted by Crippen LogP contribution is 2.37. The van der Waals surface area contributed by atoms with Crippen LogP contribution in [0.15, 0.2) is 53.6 Å². The molecule has 0 atom stereocenters. The molecule has 2 heterocycles. The standard InChI is InChI=1S/C29H28ClF3N4O3/c1-19-24(28(40)37(26(19)38)23-10-9-21(18-34)25(17-23)29(31,32)33)8-3-2-4-11-35-12-14-36(15-13-35)27(39)20-6-5-7-22(30)16-20/h5-7,9-10,16-17H,2-4,8,11-15H2,1H3. The van der Waals surface area contributed by atoms with E-state index in [0.29, 0.717) is 48.2 Å². The van der Waals surface area contributed by atoms with Gasteiger partial charge in [0.25, 0.3) is 17.7 Å². The van der Waals surface area contributed by atoms with Crippen LogP contribution in [0.5, 0.6) is 0 Å². The van der Waals surface area contributed by atoms with Crippen LogP contribution in [0.1, 0.15) is 54.1 Å². The van der Waals surface area contributed by atoms with E-state index in [2.05, 4.69) is 4.90 Å². The molecule has 40 heavy (non-hydrogen) atoms. The lowest BCUT2D eigenvalue weighted by atomic mass is 10.0. The lowest BCUT2D eigenvalue weighted by molar-refractivity contribution is -0.138. The fourth-order valence-electron chi connectivity index (χ4n) is 5.01. The molecule has 0 spiro atoms. The molecule has 0 aromatic heterocycles. The number of piperazine rings is 1. The SMILES string of the molecule is CC1=C(CCCCCN2CCN(C(=O)c3cccc(Cl)c3)CC2)C(=O)N(c2ccc(C#N)c(C(F)(F)F)c2)C1=O. The number of alkyl halides is 3. The summed E-state index contributed by atoms with van der Waals surface area (Å²) in [6, 6.07) is 11.2. The van der Waals surface area contributed by atoms with Crippen molar-refractivity contribution >= 4 is 35.0 Å². The zero-order valence-corrected chi connectivity index (χ0v) is 22.7. The summed E-state index contributed by atoms with van der Waals surface area (Å²) in [6.45, 7) is 5.09. The molecule has 0 radical (unpaired) electrons. The minimum absolute atomic E-state index is 0.0359. The van der Waals surface area contributed by atoms with Crippen LogP contribution in [0, 0.1) is 11.3 Å². The normalized spacial score (nSPS) is 16.6. The van der Waals surface area contributed by atoms with Gasteiger partial charge in [0.05, 0.1) is 22.9 Å². The summed E-state index contributed by atoms with van der Waals surface area (Å²) in [5.41, 5.74) is -0.865. The van der Waals surface area contributed by atoms with Crippen molar-refractivity contribution in [3.63, 3.8) is 0 Å². The summed E-state index contributed by atoms with van der Waals surface area (Å²) >= 11 is 6.00. The third kappa shape index (κ3) is 6.37. The molecule has 0 aliphatic carbocycles. The Hall–Kier alpha value is -3.68. The third-order valence-corrected chi connectivity index (χ3v) is 7.49. The van der Waals surface area contributed by atoms with Crippen LogP contribution >= 0.6 is 11.6 Å². The Bertz CT molecular complexity index is 1390. The van der Waals surface area contributed by atoms with Crippen molar-refractivity contribution in [2.75, 3.05) is 37.6 Å². The van der Waals surface area contributed by atoms with Gasteiger partial charge in [-0.15, -0.1) is 0 Å². The van der Waals surface area contributed by atoms with Crippen molar-refractivity contribution in [3.05, 3.63) is 75.3 Å². The number of anilines is 1. The number of unbranched alkanes of at least 4 members (excludes halogenated alkanes) is 2. The van der Waals surface area contributed by atoms with Crippen LogP contribution in [0.25, 0.3) is 0 Å². The molecule has 1 saturated heterocycles. The Kier molecular flexibility index (Phi) is 8.96. The Balaban J connectivity index is 1.25. The second kappa shape index (κ2) is 12.2. The average molecular weight is 573 g/mol. The largest absolute Gasteiger partial charge is 0.417 e. The first-order chi connectivity index (χ1) is 19.0. The molecule has 2 aromatic carbocycles. The highest BCUT2D eigenvalue weighted by Gasteiger charge is 2.39. The number of imide groups is 1. The summed E-state index contributed by atoms with van der Waals surface area (Å²) in [7, 11) is 0. The summed E-state index contributed by atoms with van der Waals surface area (Å²) in [5, 5.41) is 9.53. The predicted octanol–water partition coefficient (Wildman–Crippen LogP) is 5.44. The minimum Gasteiger partial charge on any atom is -0.336 e. The van der Waals surface area contributed by atoms with Gasteiger partial charge in [-0.05, 0) is 69.1 Å². The first kappa shape index (κ1) is 29.3. The molecule has 2 aromatic rings. The van der Waals surface area contributed by atoms with Gasteiger partial charge in [0.15, 0.2) is 0 Å². The number of benzene rings is 2. The summed E-state index contributed by atoms with van der Waals surface area (Å²) < 4.78 is 40.2. The van der Waals surface area contributed by atoms with Crippen molar-refractivity contribution in [2.24, 2.45) is 0 Å². The predicted molar refractivity (Wildman–Crippen MR) is 144 cm³/mol. The Labute approximate surface area is 235 Å². The molecule has 0 saturated carbocycles. The Morgan fingerprint density at radius 2 is 1.73 bits per heavy atom. The maximum atomic E-state index is 13.4. The maximum absolute atomic E-state index is 13.4. The monoisotopic (exact) mass is 572 g/mol. The van der Waals surface area contributed by atoms with Gasteiger partial charge < -0.3 is 4.90 Å². The van der Waals surface area contributed by atoms with E-state index < -0.39 is 29.1 Å². The second-order valence-corrected chi connectivity index (χ2v) is 10.3. The summed E-state index contributed by atoms with van der Waals surface area (Å²) in [4.78, 5) is 43.3. The summed E-state index contributed by atoms with van der Waals surface area (Å²) in [5.74, 6) is -1.31. The van der Waals surface area contributed by atoms with Gasteiger partial charge in [0, 0.05) is 47.9 Å². The molecule has 3 amide bonds. The van der Waals surface area contributed by atoms with Gasteiger partial charge in [-0.3, -0.25) is 19.3 Å². The van der Waals surface area contributed by atoms with Gasteiger partial charge in [-0.25, -0.2) is 4.90 Å². The Morgan fingerprint density at radius 1 is 1.00 bits per heavy atom. The number of halogens is 4. The molecule has 210 valence electrons. The molecule has 0 N–H and O–H groups in total. The zero-order valence-electron chi connectivity index (χ0n) is 21.9. The van der Waals surface area contributed by atoms with E-state index in [1.165, 1.54) is 19.1 Å². The zero-order chi connectivity index (χ0) is 29.0. The lowest BCUT2D eigenvalue weighted by Gasteiger charge is -2.34. The molecule has 7 nitrogen and oxygen atoms in total. The quantitative estimate of drug-likeness (QED) is 0.311. The molecule has 2 aliphatic heterocycles. The van der Waals surface area contributed by atoms with Crippen LogP contribution in [0.3, 0.4) is 0 Å². The number of hydrogen-bond donors (Lipinski definition) is 0. The maximum Gasteiger partial charge on any atom is 0.417 e. The van der Waals surface area contributed by atoms with Gasteiger partial charge in [-0.1, -0.05) is 24.1 Å². The van der Waals surface area contributed by atoms with Crippen molar-refractivity contribution < 1.29 is 27.6 Å². The lowest BCUT2D eigenvalue weighted by Crippen LogP contribution is -2.48. The number of rotatable bonds is 8. The molecule has 1 fully saturated rings. The van der Waals surface area contributed by atoms with Gasteiger partial charge in [0.1, 0.15) is 0 Å². The van der Waals surface area contributed by atoms with Crippen LogP contribution < -0.4 is 4.90 Å². The van der Waals surface area contributed by atoms with Gasteiger partial charge in [-0.2, -0.15) is 18.4 Å². The second-order valence-electron chi connectivity index (χ2n) is 9.84. The highest BCUT2D eigenvalue weighted by atomic mass is 35.5. The minimum atomic E-state index is -4.80. The van der Waals surface area contributed by atoms with Gasteiger partial charge >= 0.3 is 6.18 Å². The topological polar surface area (TPSA) is 84.7 Å². The molecule has 0 bridgehead atoms. The summed E-state index contributed by atoms with van der Waals surface area (Å²) in [6.07, 6.45) is -2.14. The van der Waals surface area contributed by atoms with E-state index in [4.69, 9.17) is 16.9 Å². The number of nitriles is 1. The van der Waals surface area contributed by atoms with E-state index in [9.17, 15) is 27.6 Å². The van der Waals surface area contributed by atoms with Crippen molar-refractivity contribution in [3.8, 4) is 6.07 Å². The number of nitrogens with zero attached hydrogens (tertiary/aromatic N) is 4. The van der Waals surface area contributed by atoms with E-state index in [0.717, 1.165) is 43.4 Å². The first-order valence-corrected chi connectivity index (χ1v) is 13.4. The fourth-order valence-corrected chi connectivity index (χ4v) is 5.20. The van der Waals surface area contributed by atoms with Crippen molar-refractivity contribution in [1.29, 1.82) is 5.26 Å². The molecule has 4 rings (SSSR count). The van der Waals surface area contributed by atoms with Crippen LogP contribution in [-0.2, 0) is 15.8 Å². The fraction of sp³-hybridized carbons (Fsp3) is 0.379. The Morgan fingerprint density at radius 3 is 2.38 bits per heavy atom. The smallest absolute Gasteiger partial charge is 0.336 e. The van der Waals surface area contributed by atoms with E-state index in [1.807, 2.05) is 4.90 Å². The number of carbonyl (C=O) groups excluding carboxylic acids is 3. The average Bonchev–Trinajstić information content (AvgIpc) is 3.14. The molecular formula is C29H28ClF3N4O3. The van der Waals surface area contributed by atoms with Crippen molar-refractivity contribution in [1.82, 2.24) is 9.80 Å². The molecule has 2 aliphatic rings. The number of carbonyl (C=O) groups is 3.